The van der Waals surface area contributed by atoms with Gasteiger partial charge in [0.25, 0.3) is 0 Å². The molecule has 1 aliphatic carbocycles. The van der Waals surface area contributed by atoms with E-state index in [1.165, 1.54) is 12.8 Å². The van der Waals surface area contributed by atoms with Crippen LogP contribution in [-0.2, 0) is 0 Å². The minimum atomic E-state index is 0.104. The Bertz CT molecular complexity index is 364. The molecule has 2 rings (SSSR count). The summed E-state index contributed by atoms with van der Waals surface area (Å²) >= 11 is 12.2. The van der Waals surface area contributed by atoms with E-state index < -0.39 is 0 Å². The molecule has 0 radical (unpaired) electrons. The van der Waals surface area contributed by atoms with Crippen molar-refractivity contribution in [1.82, 2.24) is 5.32 Å². The van der Waals surface area contributed by atoms with E-state index >= 15 is 0 Å². The minimum Gasteiger partial charge on any atom is -0.329 e. The van der Waals surface area contributed by atoms with Crippen LogP contribution in [-0.4, -0.2) is 13.1 Å². The van der Waals surface area contributed by atoms with Crippen LogP contribution in [0, 0.1) is 5.92 Å². The standard InChI is InChI=1S/C12H16Cl2N2/c13-10-3-1-2-9(12(10)14)11(6-15)16-7-8-4-5-8/h1-3,8,11,16H,4-7,15H2. The van der Waals surface area contributed by atoms with Crippen LogP contribution in [0.25, 0.3) is 0 Å². The Morgan fingerprint density at radius 1 is 1.38 bits per heavy atom. The molecule has 0 aromatic heterocycles. The highest BCUT2D eigenvalue weighted by molar-refractivity contribution is 6.42. The maximum atomic E-state index is 6.17. The van der Waals surface area contributed by atoms with Crippen LogP contribution >= 0.6 is 23.2 Å². The second kappa shape index (κ2) is 5.37. The van der Waals surface area contributed by atoms with Gasteiger partial charge in [0, 0.05) is 12.6 Å². The zero-order valence-corrected chi connectivity index (χ0v) is 10.6. The zero-order valence-electron chi connectivity index (χ0n) is 9.05. The van der Waals surface area contributed by atoms with Crippen molar-refractivity contribution in [1.29, 1.82) is 0 Å². The molecule has 0 saturated heterocycles. The van der Waals surface area contributed by atoms with Crippen molar-refractivity contribution < 1.29 is 0 Å². The molecule has 88 valence electrons. The summed E-state index contributed by atoms with van der Waals surface area (Å²) in [5, 5.41) is 4.65. The van der Waals surface area contributed by atoms with Gasteiger partial charge in [-0.15, -0.1) is 0 Å². The Kier molecular flexibility index (Phi) is 4.09. The number of nitrogens with two attached hydrogens (primary N) is 1. The Morgan fingerprint density at radius 2 is 2.12 bits per heavy atom. The highest BCUT2D eigenvalue weighted by atomic mass is 35.5. The Labute approximate surface area is 106 Å². The highest BCUT2D eigenvalue weighted by Gasteiger charge is 2.23. The molecule has 0 bridgehead atoms. The van der Waals surface area contributed by atoms with Crippen molar-refractivity contribution in [3.63, 3.8) is 0 Å². The lowest BCUT2D eigenvalue weighted by Gasteiger charge is -2.18. The molecule has 0 aliphatic heterocycles. The summed E-state index contributed by atoms with van der Waals surface area (Å²) in [5.74, 6) is 0.826. The Balaban J connectivity index is 2.08. The van der Waals surface area contributed by atoms with Crippen LogP contribution in [0.15, 0.2) is 18.2 Å². The molecule has 1 aliphatic rings. The maximum absolute atomic E-state index is 6.17. The predicted molar refractivity (Wildman–Crippen MR) is 69.0 cm³/mol. The van der Waals surface area contributed by atoms with Gasteiger partial charge < -0.3 is 11.1 Å². The largest absolute Gasteiger partial charge is 0.329 e. The molecule has 1 unspecified atom stereocenters. The lowest BCUT2D eigenvalue weighted by molar-refractivity contribution is 0.522. The van der Waals surface area contributed by atoms with E-state index in [2.05, 4.69) is 5.32 Å². The van der Waals surface area contributed by atoms with Crippen molar-refractivity contribution in [3.05, 3.63) is 33.8 Å². The van der Waals surface area contributed by atoms with Crippen LogP contribution < -0.4 is 11.1 Å². The fraction of sp³-hybridized carbons (Fsp3) is 0.500. The number of hydrogen-bond acceptors (Lipinski definition) is 2. The number of hydrogen-bond donors (Lipinski definition) is 2. The van der Waals surface area contributed by atoms with Crippen molar-refractivity contribution in [3.8, 4) is 0 Å². The van der Waals surface area contributed by atoms with Gasteiger partial charge >= 0.3 is 0 Å². The Morgan fingerprint density at radius 3 is 2.75 bits per heavy atom. The first-order valence-electron chi connectivity index (χ1n) is 5.59. The summed E-state index contributed by atoms with van der Waals surface area (Å²) in [4.78, 5) is 0. The zero-order chi connectivity index (χ0) is 11.5. The molecule has 16 heavy (non-hydrogen) atoms. The lowest BCUT2D eigenvalue weighted by Crippen LogP contribution is -2.30. The summed E-state index contributed by atoms with van der Waals surface area (Å²) in [6, 6.07) is 5.78. The first-order chi connectivity index (χ1) is 7.72. The average Bonchev–Trinajstić information content (AvgIpc) is 3.08. The van der Waals surface area contributed by atoms with Gasteiger partial charge in [-0.25, -0.2) is 0 Å². The van der Waals surface area contributed by atoms with Gasteiger partial charge in [-0.1, -0.05) is 35.3 Å². The second-order valence-corrected chi connectivity index (χ2v) is 5.07. The highest BCUT2D eigenvalue weighted by Crippen LogP contribution is 2.31. The van der Waals surface area contributed by atoms with Gasteiger partial charge in [-0.2, -0.15) is 0 Å². The molecule has 3 N–H and O–H groups in total. The van der Waals surface area contributed by atoms with Gasteiger partial charge in [0.2, 0.25) is 0 Å². The Hall–Kier alpha value is -0.280. The molecule has 1 atom stereocenters. The predicted octanol–water partition coefficient (Wildman–Crippen LogP) is 2.99. The SMILES string of the molecule is NCC(NCC1CC1)c1cccc(Cl)c1Cl. The van der Waals surface area contributed by atoms with Crippen LogP contribution in [0.2, 0.25) is 10.0 Å². The van der Waals surface area contributed by atoms with Gasteiger partial charge in [0.15, 0.2) is 0 Å². The molecular weight excluding hydrogens is 243 g/mol. The molecular formula is C12H16Cl2N2. The average molecular weight is 259 g/mol. The number of benzene rings is 1. The molecule has 2 nitrogen and oxygen atoms in total. The minimum absolute atomic E-state index is 0.104. The number of halogens is 2. The van der Waals surface area contributed by atoms with Crippen LogP contribution in [0.1, 0.15) is 24.4 Å². The molecule has 0 heterocycles. The van der Waals surface area contributed by atoms with Gasteiger partial charge in [-0.3, -0.25) is 0 Å². The molecule has 4 heteroatoms. The van der Waals surface area contributed by atoms with E-state index in [0.717, 1.165) is 18.0 Å². The number of nitrogens with one attached hydrogen (secondary N) is 1. The maximum Gasteiger partial charge on any atom is 0.0640 e. The molecule has 1 saturated carbocycles. The molecule has 1 aromatic rings. The van der Waals surface area contributed by atoms with Crippen LogP contribution in [0.4, 0.5) is 0 Å². The van der Waals surface area contributed by atoms with E-state index in [0.29, 0.717) is 16.6 Å². The van der Waals surface area contributed by atoms with Crippen molar-refractivity contribution in [2.24, 2.45) is 11.7 Å². The van der Waals surface area contributed by atoms with E-state index in [4.69, 9.17) is 28.9 Å². The summed E-state index contributed by atoms with van der Waals surface area (Å²) in [5.41, 5.74) is 6.76. The van der Waals surface area contributed by atoms with Crippen LogP contribution in [0.3, 0.4) is 0 Å². The van der Waals surface area contributed by atoms with E-state index in [9.17, 15) is 0 Å². The lowest BCUT2D eigenvalue weighted by atomic mass is 10.1. The van der Waals surface area contributed by atoms with Crippen molar-refractivity contribution in [2.75, 3.05) is 13.1 Å². The van der Waals surface area contributed by atoms with Gasteiger partial charge in [0.1, 0.15) is 0 Å². The smallest absolute Gasteiger partial charge is 0.0640 e. The third-order valence-electron chi connectivity index (χ3n) is 2.94. The summed E-state index contributed by atoms with van der Waals surface area (Å²) < 4.78 is 0. The summed E-state index contributed by atoms with van der Waals surface area (Å²) in [6.07, 6.45) is 2.65. The van der Waals surface area contributed by atoms with E-state index in [-0.39, 0.29) is 6.04 Å². The van der Waals surface area contributed by atoms with Gasteiger partial charge in [0.05, 0.1) is 10.0 Å². The van der Waals surface area contributed by atoms with E-state index in [1.54, 1.807) is 6.07 Å². The number of rotatable bonds is 5. The van der Waals surface area contributed by atoms with Gasteiger partial charge in [-0.05, 0) is 36.9 Å². The van der Waals surface area contributed by atoms with Crippen molar-refractivity contribution in [2.45, 2.75) is 18.9 Å². The normalized spacial score (nSPS) is 17.4. The van der Waals surface area contributed by atoms with Crippen molar-refractivity contribution >= 4 is 23.2 Å². The van der Waals surface area contributed by atoms with Crippen LogP contribution in [0.5, 0.6) is 0 Å². The topological polar surface area (TPSA) is 38.0 Å². The third kappa shape index (κ3) is 2.89. The monoisotopic (exact) mass is 258 g/mol. The summed E-state index contributed by atoms with van der Waals surface area (Å²) in [7, 11) is 0. The third-order valence-corrected chi connectivity index (χ3v) is 3.78. The fourth-order valence-electron chi connectivity index (χ4n) is 1.74. The summed E-state index contributed by atoms with van der Waals surface area (Å²) in [6.45, 7) is 1.55. The van der Waals surface area contributed by atoms with E-state index in [1.807, 2.05) is 12.1 Å². The second-order valence-electron chi connectivity index (χ2n) is 4.28. The first-order valence-corrected chi connectivity index (χ1v) is 6.35. The quantitative estimate of drug-likeness (QED) is 0.853. The fourth-order valence-corrected chi connectivity index (χ4v) is 2.18. The molecule has 0 amide bonds. The molecule has 0 spiro atoms. The first kappa shape index (κ1) is 12.2. The molecule has 1 aromatic carbocycles. The molecule has 1 fully saturated rings.